The Morgan fingerprint density at radius 2 is 1.55 bits per heavy atom. The molecule has 2 fully saturated rings. The quantitative estimate of drug-likeness (QED) is 0.112. The molecular formula is C21H38O12. The van der Waals surface area contributed by atoms with Gasteiger partial charge in [0.2, 0.25) is 5.79 Å². The van der Waals surface area contributed by atoms with Crippen molar-refractivity contribution in [2.75, 3.05) is 19.8 Å². The zero-order chi connectivity index (χ0) is 24.6. The molecule has 33 heavy (non-hydrogen) atoms. The van der Waals surface area contributed by atoms with Crippen molar-refractivity contribution in [2.24, 2.45) is 0 Å². The predicted octanol–water partition coefficient (Wildman–Crippen LogP) is -2.09. The lowest BCUT2D eigenvalue weighted by atomic mass is 9.99. The molecule has 0 aromatic carbocycles. The number of carbonyl (C=O) groups is 1. The predicted molar refractivity (Wildman–Crippen MR) is 111 cm³/mol. The Bertz CT molecular complexity index is 592. The summed E-state index contributed by atoms with van der Waals surface area (Å²) in [5.74, 6) is -2.77. The molecule has 12 nitrogen and oxygen atoms in total. The maximum Gasteiger partial charge on any atom is 0.305 e. The molecule has 0 aliphatic carbocycles. The van der Waals surface area contributed by atoms with E-state index in [0.717, 1.165) is 32.1 Å². The van der Waals surface area contributed by atoms with Crippen LogP contribution < -0.4 is 0 Å². The molecule has 0 bridgehead atoms. The normalized spacial score (nSPS) is 39.0. The largest absolute Gasteiger partial charge is 0.463 e. The van der Waals surface area contributed by atoms with Gasteiger partial charge in [0.15, 0.2) is 6.29 Å². The van der Waals surface area contributed by atoms with Gasteiger partial charge in [0.25, 0.3) is 0 Å². The molecule has 7 N–H and O–H groups in total. The van der Waals surface area contributed by atoms with Gasteiger partial charge in [0.1, 0.15) is 55.9 Å². The van der Waals surface area contributed by atoms with Crippen LogP contribution in [0.1, 0.15) is 51.9 Å². The van der Waals surface area contributed by atoms with Crippen molar-refractivity contribution < 1.29 is 59.5 Å². The van der Waals surface area contributed by atoms with E-state index in [1.54, 1.807) is 0 Å². The first-order valence-electron chi connectivity index (χ1n) is 11.5. The zero-order valence-electron chi connectivity index (χ0n) is 18.9. The minimum atomic E-state index is -2.26. The summed E-state index contributed by atoms with van der Waals surface area (Å²) in [5, 5.41) is 69.8. The third-order valence-electron chi connectivity index (χ3n) is 6.03. The Labute approximate surface area is 192 Å². The van der Waals surface area contributed by atoms with Gasteiger partial charge in [0.05, 0.1) is 6.61 Å². The van der Waals surface area contributed by atoms with Gasteiger partial charge < -0.3 is 54.7 Å². The summed E-state index contributed by atoms with van der Waals surface area (Å²) in [4.78, 5) is 12.0. The van der Waals surface area contributed by atoms with Gasteiger partial charge in [-0.2, -0.15) is 0 Å². The second-order valence-electron chi connectivity index (χ2n) is 8.58. The molecular weight excluding hydrogens is 444 g/mol. The molecule has 0 amide bonds. The highest BCUT2D eigenvalue weighted by atomic mass is 16.8. The number of hydrogen-bond acceptors (Lipinski definition) is 12. The van der Waals surface area contributed by atoms with Crippen LogP contribution in [0.2, 0.25) is 0 Å². The minimum absolute atomic E-state index is 0.189. The van der Waals surface area contributed by atoms with Crippen LogP contribution in [-0.2, 0) is 23.7 Å². The third kappa shape index (κ3) is 7.04. The molecule has 0 spiro atoms. The fraction of sp³-hybridized carbons (Fsp3) is 0.952. The molecule has 9 atom stereocenters. The van der Waals surface area contributed by atoms with Crippen LogP contribution in [0.4, 0.5) is 0 Å². The molecule has 0 aromatic heterocycles. The summed E-state index contributed by atoms with van der Waals surface area (Å²) in [7, 11) is 0. The number of aliphatic hydroxyl groups excluding tert-OH is 7. The molecule has 2 heterocycles. The standard InChI is InChI=1S/C21H38O12/c1-2-3-4-5-6-7-8-14(24)30-10-13-15(25)17(27)18(28)20(31-13)33-21(11-23)19(29)16(26)12(9-22)32-21/h12-13,15-20,22-23,25-29H,2-11H2,1H3/t12-,13-,15-,16-,17+,18-,19+,20-,21+/m1/s1. The average molecular weight is 483 g/mol. The number of aliphatic hydroxyl groups is 7. The average Bonchev–Trinajstić information content (AvgIpc) is 3.05. The van der Waals surface area contributed by atoms with E-state index in [4.69, 9.17) is 18.9 Å². The van der Waals surface area contributed by atoms with E-state index in [1.807, 2.05) is 0 Å². The molecule has 0 radical (unpaired) electrons. The number of unbranched alkanes of at least 4 members (excludes halogenated alkanes) is 5. The van der Waals surface area contributed by atoms with Crippen molar-refractivity contribution in [3.05, 3.63) is 0 Å². The molecule has 2 rings (SSSR count). The smallest absolute Gasteiger partial charge is 0.305 e. The summed E-state index contributed by atoms with van der Waals surface area (Å²) in [5.41, 5.74) is 0. The maximum atomic E-state index is 12.0. The fourth-order valence-corrected chi connectivity index (χ4v) is 3.92. The van der Waals surface area contributed by atoms with E-state index < -0.39 is 80.6 Å². The topological polar surface area (TPSA) is 196 Å². The van der Waals surface area contributed by atoms with Crippen molar-refractivity contribution in [3.63, 3.8) is 0 Å². The molecule has 0 saturated carbocycles. The lowest BCUT2D eigenvalue weighted by Crippen LogP contribution is -2.62. The second kappa shape index (κ2) is 13.2. The van der Waals surface area contributed by atoms with Crippen LogP contribution in [0.5, 0.6) is 0 Å². The van der Waals surface area contributed by atoms with Crippen LogP contribution >= 0.6 is 0 Å². The van der Waals surface area contributed by atoms with Gasteiger partial charge >= 0.3 is 5.97 Å². The van der Waals surface area contributed by atoms with E-state index in [2.05, 4.69) is 6.92 Å². The molecule has 2 saturated heterocycles. The van der Waals surface area contributed by atoms with E-state index in [0.29, 0.717) is 6.42 Å². The molecule has 2 aliphatic rings. The number of esters is 1. The van der Waals surface area contributed by atoms with Crippen LogP contribution in [0.3, 0.4) is 0 Å². The maximum absolute atomic E-state index is 12.0. The lowest BCUT2D eigenvalue weighted by molar-refractivity contribution is -0.383. The van der Waals surface area contributed by atoms with Crippen molar-refractivity contribution in [3.8, 4) is 0 Å². The van der Waals surface area contributed by atoms with Crippen molar-refractivity contribution in [1.29, 1.82) is 0 Å². The highest BCUT2D eigenvalue weighted by Crippen LogP contribution is 2.36. The zero-order valence-corrected chi connectivity index (χ0v) is 18.9. The first-order chi connectivity index (χ1) is 15.7. The molecule has 194 valence electrons. The van der Waals surface area contributed by atoms with Crippen LogP contribution in [0.15, 0.2) is 0 Å². The Morgan fingerprint density at radius 1 is 0.879 bits per heavy atom. The summed E-state index contributed by atoms with van der Waals surface area (Å²) in [6.45, 7) is 0.0179. The highest BCUT2D eigenvalue weighted by molar-refractivity contribution is 5.69. The van der Waals surface area contributed by atoms with Crippen molar-refractivity contribution in [1.82, 2.24) is 0 Å². The van der Waals surface area contributed by atoms with Gasteiger partial charge in [-0.3, -0.25) is 4.79 Å². The molecule has 0 aromatic rings. The molecule has 0 unspecified atom stereocenters. The summed E-state index contributed by atoms with van der Waals surface area (Å²) < 4.78 is 21.2. The van der Waals surface area contributed by atoms with Crippen molar-refractivity contribution in [2.45, 2.75) is 107 Å². The van der Waals surface area contributed by atoms with Crippen LogP contribution in [-0.4, -0.2) is 116 Å². The Balaban J connectivity index is 1.92. The van der Waals surface area contributed by atoms with Gasteiger partial charge in [-0.15, -0.1) is 0 Å². The van der Waals surface area contributed by atoms with E-state index in [9.17, 15) is 40.5 Å². The first-order valence-corrected chi connectivity index (χ1v) is 11.5. The van der Waals surface area contributed by atoms with E-state index >= 15 is 0 Å². The Morgan fingerprint density at radius 3 is 2.15 bits per heavy atom. The van der Waals surface area contributed by atoms with Crippen molar-refractivity contribution >= 4 is 5.97 Å². The SMILES string of the molecule is CCCCCCCCC(=O)OC[C@H]1O[C@H](O[C@]2(CO)O[C@H](CO)[C@@H](O)[C@@H]2O)[C@H](O)[C@@H](O)[C@@H]1O. The number of ether oxygens (including phenoxy) is 4. The Kier molecular flexibility index (Phi) is 11.4. The number of rotatable bonds is 13. The summed E-state index contributed by atoms with van der Waals surface area (Å²) in [6, 6.07) is 0. The highest BCUT2D eigenvalue weighted by Gasteiger charge is 2.58. The van der Waals surface area contributed by atoms with Gasteiger partial charge in [-0.1, -0.05) is 39.0 Å². The van der Waals surface area contributed by atoms with E-state index in [1.165, 1.54) is 0 Å². The van der Waals surface area contributed by atoms with Crippen LogP contribution in [0, 0.1) is 0 Å². The summed E-state index contributed by atoms with van der Waals surface area (Å²) >= 11 is 0. The molecule has 12 heteroatoms. The van der Waals surface area contributed by atoms with Gasteiger partial charge in [-0.25, -0.2) is 0 Å². The Hall–Kier alpha value is -0.930. The number of carbonyl (C=O) groups excluding carboxylic acids is 1. The number of hydrogen-bond donors (Lipinski definition) is 7. The fourth-order valence-electron chi connectivity index (χ4n) is 3.92. The second-order valence-corrected chi connectivity index (χ2v) is 8.58. The van der Waals surface area contributed by atoms with E-state index in [-0.39, 0.29) is 6.42 Å². The lowest BCUT2D eigenvalue weighted by Gasteiger charge is -2.43. The first kappa shape index (κ1) is 28.3. The van der Waals surface area contributed by atoms with Crippen LogP contribution in [0.25, 0.3) is 0 Å². The summed E-state index contributed by atoms with van der Waals surface area (Å²) in [6.07, 6.45) is -6.73. The van der Waals surface area contributed by atoms with Gasteiger partial charge in [-0.05, 0) is 6.42 Å². The monoisotopic (exact) mass is 482 g/mol. The minimum Gasteiger partial charge on any atom is -0.463 e. The van der Waals surface area contributed by atoms with Gasteiger partial charge in [0, 0.05) is 6.42 Å². The third-order valence-corrected chi connectivity index (χ3v) is 6.03. The molecule has 2 aliphatic heterocycles.